The smallest absolute Gasteiger partial charge is 0.147 e. The first kappa shape index (κ1) is 13.5. The minimum absolute atomic E-state index is 0.501. The predicted octanol–water partition coefficient (Wildman–Crippen LogP) is 5.44. The van der Waals surface area contributed by atoms with Gasteiger partial charge in [-0.25, -0.2) is 0 Å². The Bertz CT molecular complexity index is 602. The zero-order valence-corrected chi connectivity index (χ0v) is 12.6. The molecule has 18 heavy (non-hydrogen) atoms. The maximum absolute atomic E-state index is 6.05. The lowest BCUT2D eigenvalue weighted by molar-refractivity contribution is 0.479. The Hall–Kier alpha value is -0.900. The molecule has 0 fully saturated rings. The van der Waals surface area contributed by atoms with E-state index in [1.54, 1.807) is 24.3 Å². The van der Waals surface area contributed by atoms with E-state index in [4.69, 9.17) is 33.7 Å². The molecule has 0 amide bonds. The molecule has 0 saturated carbocycles. The van der Waals surface area contributed by atoms with Crippen molar-refractivity contribution in [2.75, 3.05) is 5.73 Å². The molecule has 0 heterocycles. The topological polar surface area (TPSA) is 35.2 Å². The lowest BCUT2D eigenvalue weighted by atomic mass is 10.2. The Kier molecular flexibility index (Phi) is 4.05. The van der Waals surface area contributed by atoms with Gasteiger partial charge in [0.15, 0.2) is 0 Å². The molecule has 2 rings (SSSR count). The van der Waals surface area contributed by atoms with E-state index in [2.05, 4.69) is 15.9 Å². The highest BCUT2D eigenvalue weighted by atomic mass is 79.9. The fourth-order valence-electron chi connectivity index (χ4n) is 1.42. The van der Waals surface area contributed by atoms with Crippen molar-refractivity contribution in [2.24, 2.45) is 0 Å². The average molecular weight is 347 g/mol. The molecule has 2 aromatic carbocycles. The number of nitrogen functional groups attached to an aromatic ring is 1. The Morgan fingerprint density at radius 2 is 1.83 bits per heavy atom. The third kappa shape index (κ3) is 2.91. The minimum Gasteiger partial charge on any atom is -0.455 e. The molecule has 0 spiro atoms. The zero-order valence-electron chi connectivity index (χ0n) is 9.51. The molecule has 0 bridgehead atoms. The summed E-state index contributed by atoms with van der Waals surface area (Å²) in [5.41, 5.74) is 7.44. The number of rotatable bonds is 2. The van der Waals surface area contributed by atoms with Gasteiger partial charge in [0, 0.05) is 16.8 Å². The molecule has 0 radical (unpaired) electrons. The zero-order chi connectivity index (χ0) is 13.3. The maximum atomic E-state index is 6.05. The molecule has 94 valence electrons. The van der Waals surface area contributed by atoms with Gasteiger partial charge in [0.05, 0.1) is 9.50 Å². The van der Waals surface area contributed by atoms with E-state index >= 15 is 0 Å². The highest BCUT2D eigenvalue weighted by Gasteiger charge is 2.09. The van der Waals surface area contributed by atoms with Crippen LogP contribution in [0.5, 0.6) is 11.5 Å². The Morgan fingerprint density at radius 3 is 2.56 bits per heavy atom. The van der Waals surface area contributed by atoms with Crippen molar-refractivity contribution in [1.29, 1.82) is 0 Å². The van der Waals surface area contributed by atoms with Crippen LogP contribution >= 0.6 is 39.1 Å². The van der Waals surface area contributed by atoms with Crippen LogP contribution in [0.25, 0.3) is 0 Å². The molecule has 0 aliphatic heterocycles. The molecule has 5 heteroatoms. The summed E-state index contributed by atoms with van der Waals surface area (Å²) in [5.74, 6) is 1.15. The van der Waals surface area contributed by atoms with Crippen LogP contribution in [-0.2, 0) is 0 Å². The molecule has 2 nitrogen and oxygen atoms in total. The second-order valence-corrected chi connectivity index (χ2v) is 5.51. The van der Waals surface area contributed by atoms with Crippen molar-refractivity contribution in [2.45, 2.75) is 6.92 Å². The van der Waals surface area contributed by atoms with Gasteiger partial charge in [0.2, 0.25) is 0 Å². The summed E-state index contributed by atoms with van der Waals surface area (Å²) in [6.07, 6.45) is 0. The Balaban J connectivity index is 2.40. The van der Waals surface area contributed by atoms with Crippen LogP contribution in [0.2, 0.25) is 10.0 Å². The number of anilines is 1. The predicted molar refractivity (Wildman–Crippen MR) is 79.8 cm³/mol. The standard InChI is InChI=1S/C13H10BrCl2NO/c1-7-4-12(9(14)6-11(7)17)18-13-5-8(15)2-3-10(13)16/h2-6H,17H2,1H3. The van der Waals surface area contributed by atoms with E-state index < -0.39 is 0 Å². The van der Waals surface area contributed by atoms with Crippen molar-refractivity contribution >= 4 is 44.8 Å². The number of benzene rings is 2. The van der Waals surface area contributed by atoms with Crippen LogP contribution in [-0.4, -0.2) is 0 Å². The summed E-state index contributed by atoms with van der Waals surface area (Å²) in [5, 5.41) is 1.07. The van der Waals surface area contributed by atoms with Gasteiger partial charge in [-0.3, -0.25) is 0 Å². The molecule has 0 aromatic heterocycles. The van der Waals surface area contributed by atoms with Gasteiger partial charge in [0.25, 0.3) is 0 Å². The summed E-state index contributed by atoms with van der Waals surface area (Å²) < 4.78 is 6.50. The number of ether oxygens (including phenoxy) is 1. The summed E-state index contributed by atoms with van der Waals surface area (Å²) in [6.45, 7) is 1.91. The Morgan fingerprint density at radius 1 is 1.11 bits per heavy atom. The van der Waals surface area contributed by atoms with Gasteiger partial charge in [-0.1, -0.05) is 23.2 Å². The van der Waals surface area contributed by atoms with Crippen molar-refractivity contribution in [3.05, 3.63) is 50.4 Å². The molecular formula is C13H10BrCl2NO. The molecule has 0 unspecified atom stereocenters. The van der Waals surface area contributed by atoms with E-state index in [9.17, 15) is 0 Å². The van der Waals surface area contributed by atoms with E-state index in [0.717, 1.165) is 10.0 Å². The molecule has 2 N–H and O–H groups in total. The number of nitrogens with two attached hydrogens (primary N) is 1. The largest absolute Gasteiger partial charge is 0.455 e. The second kappa shape index (κ2) is 5.39. The van der Waals surface area contributed by atoms with Gasteiger partial charge >= 0.3 is 0 Å². The van der Waals surface area contributed by atoms with Crippen LogP contribution in [0.4, 0.5) is 5.69 Å². The van der Waals surface area contributed by atoms with Crippen LogP contribution in [0.3, 0.4) is 0 Å². The SMILES string of the molecule is Cc1cc(Oc2cc(Cl)ccc2Cl)c(Br)cc1N. The average Bonchev–Trinajstić information content (AvgIpc) is 2.30. The second-order valence-electron chi connectivity index (χ2n) is 3.82. The number of aryl methyl sites for hydroxylation is 1. The van der Waals surface area contributed by atoms with Crippen molar-refractivity contribution in [3.8, 4) is 11.5 Å². The summed E-state index contributed by atoms with van der Waals surface area (Å²) in [6, 6.07) is 8.71. The van der Waals surface area contributed by atoms with Gasteiger partial charge < -0.3 is 10.5 Å². The van der Waals surface area contributed by atoms with Crippen molar-refractivity contribution < 1.29 is 4.74 Å². The molecule has 0 aliphatic carbocycles. The fraction of sp³-hybridized carbons (Fsp3) is 0.0769. The quantitative estimate of drug-likeness (QED) is 0.735. The highest BCUT2D eigenvalue weighted by Crippen LogP contribution is 2.37. The van der Waals surface area contributed by atoms with Crippen molar-refractivity contribution in [1.82, 2.24) is 0 Å². The molecule has 0 aliphatic rings. The Labute approximate surface area is 124 Å². The minimum atomic E-state index is 0.501. The van der Waals surface area contributed by atoms with E-state index in [-0.39, 0.29) is 0 Å². The molecule has 2 aromatic rings. The van der Waals surface area contributed by atoms with Gasteiger partial charge in [-0.2, -0.15) is 0 Å². The number of hydrogen-bond donors (Lipinski definition) is 1. The van der Waals surface area contributed by atoms with Crippen LogP contribution in [0.1, 0.15) is 5.56 Å². The van der Waals surface area contributed by atoms with Crippen LogP contribution in [0.15, 0.2) is 34.8 Å². The third-order valence-electron chi connectivity index (χ3n) is 2.43. The fourth-order valence-corrected chi connectivity index (χ4v) is 2.18. The van der Waals surface area contributed by atoms with Gasteiger partial charge in [0.1, 0.15) is 11.5 Å². The summed E-state index contributed by atoms with van der Waals surface area (Å²) in [4.78, 5) is 0. The third-order valence-corrected chi connectivity index (χ3v) is 3.60. The lowest BCUT2D eigenvalue weighted by Gasteiger charge is -2.11. The first-order valence-corrected chi connectivity index (χ1v) is 6.71. The van der Waals surface area contributed by atoms with E-state index in [0.29, 0.717) is 27.2 Å². The molecule has 0 atom stereocenters. The first-order valence-electron chi connectivity index (χ1n) is 5.16. The van der Waals surface area contributed by atoms with Crippen LogP contribution < -0.4 is 10.5 Å². The highest BCUT2D eigenvalue weighted by molar-refractivity contribution is 9.10. The van der Waals surface area contributed by atoms with Gasteiger partial charge in [-0.15, -0.1) is 0 Å². The van der Waals surface area contributed by atoms with Crippen LogP contribution in [0, 0.1) is 6.92 Å². The normalized spacial score (nSPS) is 10.4. The summed E-state index contributed by atoms with van der Waals surface area (Å²) in [7, 11) is 0. The van der Waals surface area contributed by atoms with E-state index in [1.165, 1.54) is 0 Å². The summed E-state index contributed by atoms with van der Waals surface area (Å²) >= 11 is 15.4. The monoisotopic (exact) mass is 345 g/mol. The number of halogens is 3. The molecule has 0 saturated heterocycles. The van der Waals surface area contributed by atoms with E-state index in [1.807, 2.05) is 13.0 Å². The lowest BCUT2D eigenvalue weighted by Crippen LogP contribution is -1.93. The maximum Gasteiger partial charge on any atom is 0.147 e. The first-order chi connectivity index (χ1) is 8.47. The van der Waals surface area contributed by atoms with Crippen molar-refractivity contribution in [3.63, 3.8) is 0 Å². The van der Waals surface area contributed by atoms with Gasteiger partial charge in [-0.05, 0) is 52.7 Å². The number of hydrogen-bond acceptors (Lipinski definition) is 2. The molecular weight excluding hydrogens is 337 g/mol.